The Morgan fingerprint density at radius 2 is 1.59 bits per heavy atom. The van der Waals surface area contributed by atoms with Crippen LogP contribution in [0.2, 0.25) is 0 Å². The summed E-state index contributed by atoms with van der Waals surface area (Å²) in [6.07, 6.45) is 3.50. The van der Waals surface area contributed by atoms with E-state index in [0.717, 1.165) is 38.1 Å². The number of anilines is 1. The van der Waals surface area contributed by atoms with Gasteiger partial charge in [0.05, 0.1) is 5.69 Å². The molecule has 1 saturated heterocycles. The summed E-state index contributed by atoms with van der Waals surface area (Å²) < 4.78 is 2.09. The van der Waals surface area contributed by atoms with Gasteiger partial charge in [0, 0.05) is 29.2 Å². The van der Waals surface area contributed by atoms with Gasteiger partial charge in [0.2, 0.25) is 0 Å². The van der Waals surface area contributed by atoms with Crippen LogP contribution in [-0.2, 0) is 16.1 Å². The van der Waals surface area contributed by atoms with E-state index < -0.39 is 17.8 Å². The lowest BCUT2D eigenvalue weighted by atomic mass is 10.0. The Balaban J connectivity index is 1.57. The maximum Gasteiger partial charge on any atom is 0.335 e. The molecular formula is C28H23N3O3. The fourth-order valence-corrected chi connectivity index (χ4v) is 4.21. The number of rotatable bonds is 4. The number of benzene rings is 3. The third-order valence-corrected chi connectivity index (χ3v) is 6.17. The van der Waals surface area contributed by atoms with E-state index in [1.54, 1.807) is 18.2 Å². The third kappa shape index (κ3) is 3.79. The van der Waals surface area contributed by atoms with Crippen molar-refractivity contribution in [3.63, 3.8) is 0 Å². The highest BCUT2D eigenvalue weighted by Gasteiger charge is 2.37. The van der Waals surface area contributed by atoms with Crippen molar-refractivity contribution in [2.24, 2.45) is 0 Å². The molecule has 6 heteroatoms. The van der Waals surface area contributed by atoms with Crippen molar-refractivity contribution < 1.29 is 14.4 Å². The third-order valence-electron chi connectivity index (χ3n) is 6.17. The second-order valence-electron chi connectivity index (χ2n) is 8.44. The molecule has 4 amide bonds. The Morgan fingerprint density at radius 3 is 2.35 bits per heavy atom. The van der Waals surface area contributed by atoms with Gasteiger partial charge in [-0.1, -0.05) is 54.6 Å². The van der Waals surface area contributed by atoms with E-state index in [1.807, 2.05) is 68.6 Å². The van der Waals surface area contributed by atoms with E-state index in [1.165, 1.54) is 0 Å². The number of hydrogen-bond acceptors (Lipinski definition) is 3. The summed E-state index contributed by atoms with van der Waals surface area (Å²) in [7, 11) is 0. The number of fused-ring (bicyclic) bond motifs is 1. The van der Waals surface area contributed by atoms with Crippen molar-refractivity contribution >= 4 is 40.5 Å². The normalized spacial score (nSPS) is 15.3. The van der Waals surface area contributed by atoms with Crippen molar-refractivity contribution in [2.45, 2.75) is 20.4 Å². The zero-order chi connectivity index (χ0) is 23.8. The molecule has 0 unspecified atom stereocenters. The molecule has 0 spiro atoms. The van der Waals surface area contributed by atoms with Gasteiger partial charge in [-0.05, 0) is 54.8 Å². The van der Waals surface area contributed by atoms with Crippen LogP contribution >= 0.6 is 0 Å². The monoisotopic (exact) mass is 449 g/mol. The smallest absolute Gasteiger partial charge is 0.335 e. The summed E-state index contributed by atoms with van der Waals surface area (Å²) >= 11 is 0. The number of urea groups is 1. The Kier molecular flexibility index (Phi) is 5.34. The van der Waals surface area contributed by atoms with Gasteiger partial charge >= 0.3 is 6.03 Å². The molecule has 5 rings (SSSR count). The van der Waals surface area contributed by atoms with Crippen LogP contribution in [0.5, 0.6) is 0 Å². The van der Waals surface area contributed by atoms with Gasteiger partial charge in [-0.3, -0.25) is 14.9 Å². The Labute approximate surface area is 197 Å². The first kappa shape index (κ1) is 21.4. The first-order valence-electron chi connectivity index (χ1n) is 11.0. The predicted octanol–water partition coefficient (Wildman–Crippen LogP) is 4.97. The van der Waals surface area contributed by atoms with E-state index >= 15 is 0 Å². The first-order chi connectivity index (χ1) is 16.4. The molecule has 3 aromatic carbocycles. The molecule has 1 aliphatic rings. The number of para-hydroxylation sites is 1. The van der Waals surface area contributed by atoms with Crippen molar-refractivity contribution in [3.05, 3.63) is 107 Å². The zero-order valence-electron chi connectivity index (χ0n) is 18.9. The van der Waals surface area contributed by atoms with Crippen molar-refractivity contribution in [2.75, 3.05) is 4.90 Å². The fraction of sp³-hybridized carbons (Fsp3) is 0.107. The lowest BCUT2D eigenvalue weighted by Gasteiger charge is -2.26. The lowest BCUT2D eigenvalue weighted by molar-refractivity contribution is -0.122. The summed E-state index contributed by atoms with van der Waals surface area (Å²) in [5, 5.41) is 3.23. The highest BCUT2D eigenvalue weighted by Crippen LogP contribution is 2.28. The molecule has 1 N–H and O–H groups in total. The number of carbonyl (C=O) groups is 3. The van der Waals surface area contributed by atoms with Crippen LogP contribution in [0.4, 0.5) is 10.5 Å². The lowest BCUT2D eigenvalue weighted by Crippen LogP contribution is -2.54. The molecule has 34 heavy (non-hydrogen) atoms. The molecule has 4 aromatic rings. The van der Waals surface area contributed by atoms with Gasteiger partial charge in [0.25, 0.3) is 11.8 Å². The minimum atomic E-state index is -0.748. The Morgan fingerprint density at radius 1 is 0.853 bits per heavy atom. The van der Waals surface area contributed by atoms with E-state index in [4.69, 9.17) is 0 Å². The number of aryl methyl sites for hydroxylation is 2. The number of barbiturate groups is 1. The molecule has 2 heterocycles. The topological polar surface area (TPSA) is 71.4 Å². The molecule has 0 aliphatic carbocycles. The van der Waals surface area contributed by atoms with Crippen molar-refractivity contribution in [1.82, 2.24) is 9.88 Å². The molecule has 1 aromatic heterocycles. The van der Waals surface area contributed by atoms with Gasteiger partial charge < -0.3 is 4.57 Å². The van der Waals surface area contributed by atoms with Crippen molar-refractivity contribution in [3.8, 4) is 0 Å². The van der Waals surface area contributed by atoms with E-state index in [0.29, 0.717) is 12.2 Å². The van der Waals surface area contributed by atoms with Gasteiger partial charge in [-0.15, -0.1) is 0 Å². The summed E-state index contributed by atoms with van der Waals surface area (Å²) in [5.41, 5.74) is 5.20. The highest BCUT2D eigenvalue weighted by molar-refractivity contribution is 6.39. The molecule has 0 radical (unpaired) electrons. The zero-order valence-corrected chi connectivity index (χ0v) is 18.9. The molecule has 1 aliphatic heterocycles. The van der Waals surface area contributed by atoms with E-state index in [-0.39, 0.29) is 5.57 Å². The second-order valence-corrected chi connectivity index (χ2v) is 8.44. The molecule has 0 bridgehead atoms. The average molecular weight is 450 g/mol. The van der Waals surface area contributed by atoms with Crippen LogP contribution < -0.4 is 10.2 Å². The minimum absolute atomic E-state index is 0.0829. The predicted molar refractivity (Wildman–Crippen MR) is 132 cm³/mol. The summed E-state index contributed by atoms with van der Waals surface area (Å²) in [6.45, 7) is 4.52. The van der Waals surface area contributed by atoms with Crippen LogP contribution in [0.3, 0.4) is 0 Å². The Hall–Kier alpha value is -4.45. The molecular weight excluding hydrogens is 426 g/mol. The van der Waals surface area contributed by atoms with Gasteiger partial charge in [-0.2, -0.15) is 0 Å². The molecule has 1 fully saturated rings. The van der Waals surface area contributed by atoms with Gasteiger partial charge in [-0.25, -0.2) is 9.69 Å². The number of amides is 4. The van der Waals surface area contributed by atoms with Crippen LogP contribution in [0.15, 0.2) is 84.6 Å². The van der Waals surface area contributed by atoms with Crippen molar-refractivity contribution in [1.29, 1.82) is 0 Å². The quantitative estimate of drug-likeness (QED) is 0.353. The first-order valence-corrected chi connectivity index (χ1v) is 11.0. The van der Waals surface area contributed by atoms with E-state index in [2.05, 4.69) is 22.0 Å². The maximum atomic E-state index is 13.4. The number of nitrogens with zero attached hydrogens (tertiary/aromatic N) is 2. The fourth-order valence-electron chi connectivity index (χ4n) is 4.21. The van der Waals surface area contributed by atoms with Crippen LogP contribution in [-0.4, -0.2) is 22.4 Å². The number of aromatic nitrogens is 1. The average Bonchev–Trinajstić information content (AvgIpc) is 3.17. The number of nitrogens with one attached hydrogen (secondary N) is 1. The van der Waals surface area contributed by atoms with Crippen LogP contribution in [0, 0.1) is 13.8 Å². The van der Waals surface area contributed by atoms with Gasteiger partial charge in [0.15, 0.2) is 0 Å². The maximum absolute atomic E-state index is 13.4. The molecule has 168 valence electrons. The van der Waals surface area contributed by atoms with Crippen LogP contribution in [0.25, 0.3) is 17.0 Å². The number of carbonyl (C=O) groups excluding carboxylic acids is 3. The highest BCUT2D eigenvalue weighted by atomic mass is 16.2. The summed E-state index contributed by atoms with van der Waals surface area (Å²) in [5.74, 6) is -1.34. The molecule has 6 nitrogen and oxygen atoms in total. The second kappa shape index (κ2) is 8.48. The Bertz CT molecular complexity index is 1480. The van der Waals surface area contributed by atoms with Gasteiger partial charge in [0.1, 0.15) is 5.57 Å². The summed E-state index contributed by atoms with van der Waals surface area (Å²) in [4.78, 5) is 39.6. The van der Waals surface area contributed by atoms with E-state index in [9.17, 15) is 14.4 Å². The minimum Gasteiger partial charge on any atom is -0.342 e. The van der Waals surface area contributed by atoms with Crippen LogP contribution in [0.1, 0.15) is 22.3 Å². The SMILES string of the molecule is Cc1ccc(N2C(=O)NC(=O)/C(=C/c3cn(Cc4ccccc4)c4ccccc34)C2=O)cc1C. The standard InChI is InChI=1S/C28H23N3O3/c1-18-12-13-22(14-19(18)2)31-27(33)24(26(32)29-28(31)34)15-21-17-30(16-20-8-4-3-5-9-20)25-11-7-6-10-23(21)25/h3-15,17H,16H2,1-2H3,(H,29,32,34)/b24-15-. The number of imide groups is 2. The molecule has 0 atom stereocenters. The molecule has 0 saturated carbocycles. The number of hydrogen-bond donors (Lipinski definition) is 1. The summed E-state index contributed by atoms with van der Waals surface area (Å²) in [6, 6.07) is 22.5. The largest absolute Gasteiger partial charge is 0.342 e.